The molecule has 4 aliphatic carbocycles. The van der Waals surface area contributed by atoms with Gasteiger partial charge in [0.15, 0.2) is 0 Å². The average molecular weight is 425 g/mol. The lowest BCUT2D eigenvalue weighted by atomic mass is 9.49. The van der Waals surface area contributed by atoms with Gasteiger partial charge in [0, 0.05) is 30.0 Å². The van der Waals surface area contributed by atoms with E-state index in [1.165, 1.54) is 25.0 Å². The van der Waals surface area contributed by atoms with E-state index in [0.29, 0.717) is 12.5 Å². The lowest BCUT2D eigenvalue weighted by Gasteiger charge is -2.56. The minimum Gasteiger partial charge on any atom is -0.345 e. The number of halogens is 1. The van der Waals surface area contributed by atoms with Gasteiger partial charge in [-0.2, -0.15) is 0 Å². The topological polar surface area (TPSA) is 25.2 Å². The maximum atomic E-state index is 13.9. The molecule has 1 amide bonds. The summed E-state index contributed by atoms with van der Waals surface area (Å²) in [6.45, 7) is 4.47. The predicted molar refractivity (Wildman–Crippen MR) is 121 cm³/mol. The van der Waals surface area contributed by atoms with Gasteiger partial charge >= 0.3 is 0 Å². The van der Waals surface area contributed by atoms with Crippen molar-refractivity contribution in [1.29, 1.82) is 0 Å². The molecule has 3 nitrogen and oxygen atoms in total. The summed E-state index contributed by atoms with van der Waals surface area (Å²) in [5.41, 5.74) is 2.25. The van der Waals surface area contributed by atoms with Crippen LogP contribution in [-0.4, -0.2) is 21.9 Å². The number of carbonyl (C=O) groups excluding carboxylic acids is 1. The highest BCUT2D eigenvalue weighted by Crippen LogP contribution is 2.60. The first-order valence-electron chi connectivity index (χ1n) is 11.7. The van der Waals surface area contributed by atoms with E-state index in [9.17, 15) is 4.79 Å². The van der Waals surface area contributed by atoms with Gasteiger partial charge in [0.2, 0.25) is 5.91 Å². The van der Waals surface area contributed by atoms with Gasteiger partial charge in [-0.15, -0.1) is 0 Å². The van der Waals surface area contributed by atoms with Crippen LogP contribution >= 0.6 is 11.6 Å². The molecule has 4 saturated carbocycles. The Morgan fingerprint density at radius 3 is 2.37 bits per heavy atom. The summed E-state index contributed by atoms with van der Waals surface area (Å²) in [4.78, 5) is 16.1. The molecule has 0 aliphatic heterocycles. The third kappa shape index (κ3) is 3.70. The van der Waals surface area contributed by atoms with Crippen LogP contribution in [0.1, 0.15) is 63.1 Å². The van der Waals surface area contributed by atoms with E-state index in [1.807, 2.05) is 18.2 Å². The summed E-state index contributed by atoms with van der Waals surface area (Å²) in [7, 11) is 0. The van der Waals surface area contributed by atoms with Crippen LogP contribution in [0.15, 0.2) is 42.6 Å². The Morgan fingerprint density at radius 1 is 1.07 bits per heavy atom. The third-order valence-corrected chi connectivity index (χ3v) is 8.22. The van der Waals surface area contributed by atoms with E-state index in [0.717, 1.165) is 67.1 Å². The number of carbonyl (C=O) groups is 1. The van der Waals surface area contributed by atoms with Crippen LogP contribution < -0.4 is 0 Å². The molecule has 160 valence electrons. The van der Waals surface area contributed by atoms with Crippen LogP contribution in [0, 0.1) is 23.2 Å². The number of benzene rings is 1. The average Bonchev–Trinajstić information content (AvgIpc) is 3.14. The molecule has 4 heteroatoms. The van der Waals surface area contributed by atoms with Crippen LogP contribution in [0.4, 0.5) is 0 Å². The molecule has 0 atom stereocenters. The van der Waals surface area contributed by atoms with Gasteiger partial charge < -0.3 is 9.47 Å². The van der Waals surface area contributed by atoms with E-state index in [2.05, 4.69) is 40.8 Å². The quantitative estimate of drug-likeness (QED) is 0.523. The van der Waals surface area contributed by atoms with Crippen LogP contribution in [-0.2, 0) is 17.9 Å². The highest BCUT2D eigenvalue weighted by atomic mass is 35.5. The Hall–Kier alpha value is -1.74. The predicted octanol–water partition coefficient (Wildman–Crippen LogP) is 6.14. The monoisotopic (exact) mass is 424 g/mol. The molecule has 4 aliphatic rings. The van der Waals surface area contributed by atoms with Crippen molar-refractivity contribution in [2.24, 2.45) is 23.2 Å². The van der Waals surface area contributed by atoms with Crippen LogP contribution in [0.25, 0.3) is 0 Å². The van der Waals surface area contributed by atoms with Crippen LogP contribution in [0.3, 0.4) is 0 Å². The van der Waals surface area contributed by atoms with Gasteiger partial charge in [-0.1, -0.05) is 36.7 Å². The van der Waals surface area contributed by atoms with Crippen LogP contribution in [0.5, 0.6) is 0 Å². The number of aromatic nitrogens is 1. The Balaban J connectivity index is 1.36. The third-order valence-electron chi connectivity index (χ3n) is 7.85. The van der Waals surface area contributed by atoms with Gasteiger partial charge in [-0.05, 0) is 86.5 Å². The van der Waals surface area contributed by atoms with Crippen molar-refractivity contribution in [1.82, 2.24) is 9.47 Å². The molecule has 0 unspecified atom stereocenters. The zero-order chi connectivity index (χ0) is 20.7. The molecular weight excluding hydrogens is 392 g/mol. The Bertz CT molecular complexity index is 882. The van der Waals surface area contributed by atoms with Gasteiger partial charge in [-0.3, -0.25) is 4.79 Å². The summed E-state index contributed by atoms with van der Waals surface area (Å²) in [6, 6.07) is 12.3. The molecule has 6 rings (SSSR count). The van der Waals surface area contributed by atoms with Crippen molar-refractivity contribution in [3.05, 3.63) is 58.9 Å². The van der Waals surface area contributed by atoms with Crippen molar-refractivity contribution in [2.75, 3.05) is 6.54 Å². The smallest absolute Gasteiger partial charge is 0.229 e. The fourth-order valence-electron chi connectivity index (χ4n) is 6.98. The molecule has 4 bridgehead atoms. The summed E-state index contributed by atoms with van der Waals surface area (Å²) < 4.78 is 2.25. The SMILES string of the molecule is CCCN(Cc1cccn1Cc1ccccc1Cl)C(=O)C12CC3CC(CC(C3)C1)C2. The standard InChI is InChI=1S/C26H33ClN2O/c1-2-9-29(25(30)26-14-19-11-20(15-26)13-21(12-19)16-26)18-23-7-5-10-28(23)17-22-6-3-4-8-24(22)27/h3-8,10,19-21H,2,9,11-18H2,1H3. The first kappa shape index (κ1) is 20.2. The number of rotatable bonds is 7. The van der Waals surface area contributed by atoms with E-state index in [4.69, 9.17) is 11.6 Å². The molecule has 2 aromatic rings. The fourth-order valence-corrected chi connectivity index (χ4v) is 7.18. The second-order valence-corrected chi connectivity index (χ2v) is 10.6. The highest BCUT2D eigenvalue weighted by Gasteiger charge is 2.55. The molecule has 0 radical (unpaired) electrons. The van der Waals surface area contributed by atoms with Crippen molar-refractivity contribution in [3.63, 3.8) is 0 Å². The second-order valence-electron chi connectivity index (χ2n) is 10.1. The molecule has 0 saturated heterocycles. The zero-order valence-corrected chi connectivity index (χ0v) is 18.8. The molecule has 0 spiro atoms. The highest BCUT2D eigenvalue weighted by molar-refractivity contribution is 6.31. The van der Waals surface area contributed by atoms with Crippen molar-refractivity contribution in [2.45, 2.75) is 65.0 Å². The Labute approximate surface area is 185 Å². The normalized spacial score (nSPS) is 29.3. The minimum atomic E-state index is -0.0654. The van der Waals surface area contributed by atoms with E-state index in [1.54, 1.807) is 0 Å². The van der Waals surface area contributed by atoms with Gasteiger partial charge in [0.05, 0.1) is 12.0 Å². The van der Waals surface area contributed by atoms with Crippen molar-refractivity contribution >= 4 is 17.5 Å². The first-order valence-corrected chi connectivity index (χ1v) is 12.1. The van der Waals surface area contributed by atoms with Gasteiger partial charge in [0.1, 0.15) is 0 Å². The second kappa shape index (κ2) is 8.07. The molecule has 30 heavy (non-hydrogen) atoms. The maximum absolute atomic E-state index is 13.9. The van der Waals surface area contributed by atoms with Crippen molar-refractivity contribution in [3.8, 4) is 0 Å². The largest absolute Gasteiger partial charge is 0.345 e. The zero-order valence-electron chi connectivity index (χ0n) is 18.0. The molecule has 0 N–H and O–H groups in total. The molecule has 4 fully saturated rings. The molecule has 1 aromatic heterocycles. The summed E-state index contributed by atoms with van der Waals surface area (Å²) in [6.07, 6.45) is 10.7. The molecule has 1 aromatic carbocycles. The number of hydrogen-bond donors (Lipinski definition) is 0. The van der Waals surface area contributed by atoms with E-state index in [-0.39, 0.29) is 5.41 Å². The Morgan fingerprint density at radius 2 is 1.73 bits per heavy atom. The van der Waals surface area contributed by atoms with Crippen LogP contribution in [0.2, 0.25) is 5.02 Å². The first-order chi connectivity index (χ1) is 14.6. The van der Waals surface area contributed by atoms with Gasteiger partial charge in [-0.25, -0.2) is 0 Å². The van der Waals surface area contributed by atoms with E-state index >= 15 is 0 Å². The number of nitrogens with zero attached hydrogens (tertiary/aromatic N) is 2. The summed E-state index contributed by atoms with van der Waals surface area (Å²) in [5, 5.41) is 0.798. The van der Waals surface area contributed by atoms with E-state index < -0.39 is 0 Å². The lowest BCUT2D eigenvalue weighted by molar-refractivity contribution is -0.158. The summed E-state index contributed by atoms with van der Waals surface area (Å²) >= 11 is 6.40. The molecule has 1 heterocycles. The fraction of sp³-hybridized carbons (Fsp3) is 0.577. The molecular formula is C26H33ClN2O. The number of hydrogen-bond acceptors (Lipinski definition) is 1. The maximum Gasteiger partial charge on any atom is 0.229 e. The van der Waals surface area contributed by atoms with Gasteiger partial charge in [0.25, 0.3) is 0 Å². The summed E-state index contributed by atoms with van der Waals surface area (Å²) in [5.74, 6) is 2.84. The Kier molecular flexibility index (Phi) is 5.43. The number of amides is 1. The minimum absolute atomic E-state index is 0.0654. The van der Waals surface area contributed by atoms with Crippen molar-refractivity contribution < 1.29 is 4.79 Å². The lowest BCUT2D eigenvalue weighted by Crippen LogP contribution is -2.54.